The van der Waals surface area contributed by atoms with E-state index in [0.29, 0.717) is 9.74 Å². The van der Waals surface area contributed by atoms with Gasteiger partial charge in [-0.25, -0.2) is 4.98 Å². The number of nitrogens with zero attached hydrogens (tertiary/aromatic N) is 1. The van der Waals surface area contributed by atoms with Gasteiger partial charge in [0, 0.05) is 11.1 Å². The van der Waals surface area contributed by atoms with E-state index in [2.05, 4.69) is 29.2 Å². The molecule has 88 valence electrons. The molecule has 1 saturated heterocycles. The van der Waals surface area contributed by atoms with Crippen LogP contribution >= 0.6 is 35.1 Å². The van der Waals surface area contributed by atoms with E-state index in [9.17, 15) is 0 Å². The minimum Gasteiger partial charge on any atom is -0.236 e. The Hall–Kier alpha value is -0.380. The molecular weight excluding hydrogens is 270 g/mol. The highest BCUT2D eigenvalue weighted by molar-refractivity contribution is 8.16. The molecule has 0 aromatic rings. The molecule has 3 rings (SSSR count). The third-order valence-corrected chi connectivity index (χ3v) is 5.96. The Kier molecular flexibility index (Phi) is 3.50. The SMILES string of the molecule is Clc1cc2ccccc(C3SCCCS3)c-2n1. The van der Waals surface area contributed by atoms with Crippen LogP contribution in [-0.4, -0.2) is 16.5 Å². The van der Waals surface area contributed by atoms with E-state index >= 15 is 0 Å². The summed E-state index contributed by atoms with van der Waals surface area (Å²) in [7, 11) is 0. The summed E-state index contributed by atoms with van der Waals surface area (Å²) in [5.74, 6) is 2.48. The number of aromatic nitrogens is 1. The van der Waals surface area contributed by atoms with Gasteiger partial charge >= 0.3 is 0 Å². The van der Waals surface area contributed by atoms with E-state index in [-0.39, 0.29) is 0 Å². The third-order valence-electron chi connectivity index (χ3n) is 2.78. The molecule has 0 aromatic carbocycles. The molecule has 2 aliphatic heterocycles. The van der Waals surface area contributed by atoms with Crippen LogP contribution in [0.4, 0.5) is 0 Å². The van der Waals surface area contributed by atoms with Gasteiger partial charge in [0.1, 0.15) is 5.15 Å². The maximum absolute atomic E-state index is 6.01. The number of rotatable bonds is 1. The van der Waals surface area contributed by atoms with Gasteiger partial charge in [0.05, 0.1) is 10.3 Å². The van der Waals surface area contributed by atoms with Crippen molar-refractivity contribution in [2.24, 2.45) is 0 Å². The average molecular weight is 282 g/mol. The molecule has 0 aromatic heterocycles. The molecule has 0 spiro atoms. The summed E-state index contributed by atoms with van der Waals surface area (Å²) < 4.78 is 0.504. The Morgan fingerprint density at radius 1 is 1.18 bits per heavy atom. The van der Waals surface area contributed by atoms with Gasteiger partial charge in [-0.3, -0.25) is 0 Å². The number of hydrogen-bond acceptors (Lipinski definition) is 3. The molecule has 0 amide bonds. The van der Waals surface area contributed by atoms with E-state index in [4.69, 9.17) is 11.6 Å². The van der Waals surface area contributed by atoms with Crippen LogP contribution in [0.25, 0.3) is 11.3 Å². The van der Waals surface area contributed by atoms with Crippen LogP contribution in [0.15, 0.2) is 30.3 Å². The van der Waals surface area contributed by atoms with Crippen molar-refractivity contribution >= 4 is 35.1 Å². The van der Waals surface area contributed by atoms with Crippen molar-refractivity contribution in [1.29, 1.82) is 0 Å². The van der Waals surface area contributed by atoms with Gasteiger partial charge in [0.2, 0.25) is 0 Å². The number of hydrogen-bond donors (Lipinski definition) is 0. The van der Waals surface area contributed by atoms with Crippen LogP contribution < -0.4 is 0 Å². The number of halogens is 1. The second-order valence-electron chi connectivity index (χ2n) is 3.98. The van der Waals surface area contributed by atoms with Gasteiger partial charge in [0.15, 0.2) is 0 Å². The molecule has 1 nitrogen and oxygen atoms in total. The van der Waals surface area contributed by atoms with Crippen LogP contribution in [0.2, 0.25) is 5.15 Å². The van der Waals surface area contributed by atoms with E-state index in [1.807, 2.05) is 29.6 Å². The first-order valence-corrected chi connectivity index (χ1v) is 8.10. The molecule has 1 aliphatic carbocycles. The van der Waals surface area contributed by atoms with E-state index in [1.165, 1.54) is 23.5 Å². The summed E-state index contributed by atoms with van der Waals surface area (Å²) in [5, 5.41) is 0.596. The topological polar surface area (TPSA) is 12.9 Å². The zero-order chi connectivity index (χ0) is 11.7. The molecule has 0 saturated carbocycles. The normalized spacial score (nSPS) is 17.5. The minimum atomic E-state index is 0.504. The fourth-order valence-corrected chi connectivity index (χ4v) is 5.15. The second kappa shape index (κ2) is 5.09. The first-order valence-electron chi connectivity index (χ1n) is 5.63. The molecule has 3 aliphatic rings. The first-order chi connectivity index (χ1) is 8.34. The van der Waals surface area contributed by atoms with Crippen LogP contribution in [0.5, 0.6) is 0 Å². The highest BCUT2D eigenvalue weighted by Gasteiger charge is 2.21. The van der Waals surface area contributed by atoms with Crippen LogP contribution in [-0.2, 0) is 0 Å². The number of fused-ring (bicyclic) bond motifs is 1. The minimum absolute atomic E-state index is 0.504. The lowest BCUT2D eigenvalue weighted by Gasteiger charge is -2.21. The van der Waals surface area contributed by atoms with Crippen molar-refractivity contribution in [2.45, 2.75) is 11.0 Å². The Balaban J connectivity index is 2.07. The molecular formula is C13H12ClNS2. The van der Waals surface area contributed by atoms with Gasteiger partial charge in [0.25, 0.3) is 0 Å². The first kappa shape index (κ1) is 11.7. The van der Waals surface area contributed by atoms with Gasteiger partial charge in [-0.05, 0) is 24.0 Å². The second-order valence-corrected chi connectivity index (χ2v) is 7.10. The lowest BCUT2D eigenvalue weighted by Crippen LogP contribution is -2.01. The Morgan fingerprint density at radius 3 is 2.76 bits per heavy atom. The maximum atomic E-state index is 6.01. The zero-order valence-electron chi connectivity index (χ0n) is 9.23. The van der Waals surface area contributed by atoms with Gasteiger partial charge in [-0.2, -0.15) is 0 Å². The van der Waals surface area contributed by atoms with Crippen molar-refractivity contribution in [3.63, 3.8) is 0 Å². The molecule has 17 heavy (non-hydrogen) atoms. The summed E-state index contributed by atoms with van der Waals surface area (Å²) in [6.07, 6.45) is 1.31. The Morgan fingerprint density at radius 2 is 1.94 bits per heavy atom. The molecule has 4 heteroatoms. The summed E-state index contributed by atoms with van der Waals surface area (Å²) in [4.78, 5) is 4.47. The van der Waals surface area contributed by atoms with Gasteiger partial charge in [-0.1, -0.05) is 35.9 Å². The van der Waals surface area contributed by atoms with Crippen LogP contribution in [0.1, 0.15) is 16.6 Å². The standard InChI is InChI=1S/C13H12ClNS2/c14-11-8-9-4-1-2-5-10(12(9)15-11)13-16-6-3-7-17-13/h1-2,4-5,8,13H,3,6-7H2. The van der Waals surface area contributed by atoms with E-state index in [1.54, 1.807) is 0 Å². The van der Waals surface area contributed by atoms with Crippen molar-refractivity contribution in [3.8, 4) is 11.3 Å². The summed E-state index contributed by atoms with van der Waals surface area (Å²) in [6.45, 7) is 0. The van der Waals surface area contributed by atoms with Crippen molar-refractivity contribution in [1.82, 2.24) is 4.98 Å². The molecule has 0 radical (unpaired) electrons. The predicted octanol–water partition coefficient (Wildman–Crippen LogP) is 4.71. The third kappa shape index (κ3) is 2.42. The maximum Gasteiger partial charge on any atom is 0.130 e. The lowest BCUT2D eigenvalue weighted by atomic mass is 10.1. The molecule has 0 N–H and O–H groups in total. The fraction of sp³-hybridized carbons (Fsp3) is 0.308. The quantitative estimate of drug-likeness (QED) is 0.751. The summed E-state index contributed by atoms with van der Waals surface area (Å²) in [6, 6.07) is 10.4. The molecule has 0 unspecified atom stereocenters. The Bertz CT molecular complexity index is 497. The Labute approximate surface area is 115 Å². The summed E-state index contributed by atoms with van der Waals surface area (Å²) >= 11 is 10.0. The zero-order valence-corrected chi connectivity index (χ0v) is 11.6. The highest BCUT2D eigenvalue weighted by atomic mass is 35.5. The molecule has 0 atom stereocenters. The van der Waals surface area contributed by atoms with Gasteiger partial charge < -0.3 is 0 Å². The van der Waals surface area contributed by atoms with E-state index < -0.39 is 0 Å². The lowest BCUT2D eigenvalue weighted by molar-refractivity contribution is 1.10. The van der Waals surface area contributed by atoms with Crippen molar-refractivity contribution in [2.75, 3.05) is 11.5 Å². The molecule has 0 bridgehead atoms. The average Bonchev–Trinajstić information content (AvgIpc) is 2.61. The smallest absolute Gasteiger partial charge is 0.130 e. The largest absolute Gasteiger partial charge is 0.236 e. The van der Waals surface area contributed by atoms with Crippen LogP contribution in [0, 0.1) is 0 Å². The predicted molar refractivity (Wildman–Crippen MR) is 78.1 cm³/mol. The summed E-state index contributed by atoms with van der Waals surface area (Å²) in [5.41, 5.74) is 3.51. The molecule has 1 fully saturated rings. The number of thioether (sulfide) groups is 2. The van der Waals surface area contributed by atoms with E-state index in [0.717, 1.165) is 11.3 Å². The fourth-order valence-electron chi connectivity index (χ4n) is 2.01. The van der Waals surface area contributed by atoms with Crippen molar-refractivity contribution in [3.05, 3.63) is 41.0 Å². The van der Waals surface area contributed by atoms with Crippen LogP contribution in [0.3, 0.4) is 0 Å². The van der Waals surface area contributed by atoms with Gasteiger partial charge in [-0.15, -0.1) is 23.5 Å². The highest BCUT2D eigenvalue weighted by Crippen LogP contribution is 2.46. The van der Waals surface area contributed by atoms with Crippen molar-refractivity contribution < 1.29 is 0 Å². The molecule has 2 heterocycles. The monoisotopic (exact) mass is 281 g/mol.